The smallest absolute Gasteiger partial charge is 0.161 e. The Hall–Kier alpha value is -1.68. The molecule has 0 bridgehead atoms. The molecule has 92 valence electrons. The van der Waals surface area contributed by atoms with Crippen LogP contribution in [0.15, 0.2) is 52.3 Å². The molecule has 0 atom stereocenters. The van der Waals surface area contributed by atoms with Crippen LogP contribution in [-0.4, -0.2) is 5.78 Å². The van der Waals surface area contributed by atoms with Crippen molar-refractivity contribution in [1.29, 1.82) is 0 Å². The molecule has 0 heterocycles. The molecule has 2 rings (SSSR count). The van der Waals surface area contributed by atoms with Crippen LogP contribution in [0.4, 0.5) is 8.78 Å². The second-order valence-electron chi connectivity index (χ2n) is 3.73. The minimum absolute atomic E-state index is 0.242. The Morgan fingerprint density at radius 2 is 1.78 bits per heavy atom. The second kappa shape index (κ2) is 5.31. The summed E-state index contributed by atoms with van der Waals surface area (Å²) in [5, 5.41) is 0. The average molecular weight is 264 g/mol. The van der Waals surface area contributed by atoms with Crippen LogP contribution in [0.25, 0.3) is 0 Å². The Labute approximate surface area is 108 Å². The number of rotatable bonds is 3. The SMILES string of the molecule is CC(=O)c1cc(F)ccc1Sc1ccccc1F. The fourth-order valence-electron chi connectivity index (χ4n) is 1.51. The minimum Gasteiger partial charge on any atom is -0.294 e. The first-order valence-corrected chi connectivity index (χ1v) is 6.12. The summed E-state index contributed by atoms with van der Waals surface area (Å²) in [6, 6.07) is 10.2. The zero-order valence-corrected chi connectivity index (χ0v) is 10.4. The maximum absolute atomic E-state index is 13.5. The van der Waals surface area contributed by atoms with Gasteiger partial charge in [-0.05, 0) is 37.3 Å². The molecule has 0 saturated carbocycles. The molecule has 0 aromatic heterocycles. The highest BCUT2D eigenvalue weighted by molar-refractivity contribution is 7.99. The molecule has 0 amide bonds. The molecule has 2 aromatic rings. The lowest BCUT2D eigenvalue weighted by molar-refractivity contribution is 0.101. The lowest BCUT2D eigenvalue weighted by atomic mass is 10.1. The molecule has 18 heavy (non-hydrogen) atoms. The molecule has 0 N–H and O–H groups in total. The number of hydrogen-bond acceptors (Lipinski definition) is 2. The summed E-state index contributed by atoms with van der Waals surface area (Å²) in [4.78, 5) is 12.4. The molecule has 0 fully saturated rings. The van der Waals surface area contributed by atoms with Crippen LogP contribution in [0.1, 0.15) is 17.3 Å². The summed E-state index contributed by atoms with van der Waals surface area (Å²) in [6.45, 7) is 1.36. The fourth-order valence-corrected chi connectivity index (χ4v) is 2.51. The van der Waals surface area contributed by atoms with Crippen molar-refractivity contribution < 1.29 is 13.6 Å². The van der Waals surface area contributed by atoms with E-state index in [9.17, 15) is 13.6 Å². The topological polar surface area (TPSA) is 17.1 Å². The van der Waals surface area contributed by atoms with Crippen molar-refractivity contribution in [3.05, 3.63) is 59.7 Å². The Kier molecular flexibility index (Phi) is 3.77. The van der Waals surface area contributed by atoms with Gasteiger partial charge < -0.3 is 0 Å². The second-order valence-corrected chi connectivity index (χ2v) is 4.81. The summed E-state index contributed by atoms with van der Waals surface area (Å²) in [6.07, 6.45) is 0. The van der Waals surface area contributed by atoms with Crippen LogP contribution in [0, 0.1) is 11.6 Å². The monoisotopic (exact) mass is 264 g/mol. The molecule has 0 aliphatic heterocycles. The van der Waals surface area contributed by atoms with E-state index >= 15 is 0 Å². The van der Waals surface area contributed by atoms with Gasteiger partial charge in [0.2, 0.25) is 0 Å². The Balaban J connectivity index is 2.41. The van der Waals surface area contributed by atoms with Crippen LogP contribution in [0.5, 0.6) is 0 Å². The predicted molar refractivity (Wildman–Crippen MR) is 66.9 cm³/mol. The molecule has 0 saturated heterocycles. The van der Waals surface area contributed by atoms with E-state index in [0.717, 1.165) is 11.8 Å². The summed E-state index contributed by atoms with van der Waals surface area (Å²) in [5.74, 6) is -1.08. The van der Waals surface area contributed by atoms with Crippen LogP contribution < -0.4 is 0 Å². The van der Waals surface area contributed by atoms with E-state index in [-0.39, 0.29) is 17.2 Å². The molecule has 2 aromatic carbocycles. The standard InChI is InChI=1S/C14H10F2OS/c1-9(17)11-8-10(15)6-7-13(11)18-14-5-3-2-4-12(14)16/h2-8H,1H3. The number of benzene rings is 2. The number of hydrogen-bond donors (Lipinski definition) is 0. The minimum atomic E-state index is -0.474. The Bertz CT molecular complexity index is 596. The molecule has 0 spiro atoms. The number of halogens is 2. The number of carbonyl (C=O) groups is 1. The normalized spacial score (nSPS) is 10.4. The van der Waals surface area contributed by atoms with Gasteiger partial charge >= 0.3 is 0 Å². The lowest BCUT2D eigenvalue weighted by Crippen LogP contribution is -1.96. The van der Waals surface area contributed by atoms with Crippen LogP contribution in [-0.2, 0) is 0 Å². The van der Waals surface area contributed by atoms with Gasteiger partial charge in [0.05, 0.1) is 0 Å². The average Bonchev–Trinajstić information content (AvgIpc) is 2.34. The van der Waals surface area contributed by atoms with E-state index in [1.54, 1.807) is 18.2 Å². The molecule has 4 heteroatoms. The van der Waals surface area contributed by atoms with Crippen molar-refractivity contribution in [2.24, 2.45) is 0 Å². The van der Waals surface area contributed by atoms with E-state index in [1.165, 1.54) is 31.2 Å². The van der Waals surface area contributed by atoms with Crippen molar-refractivity contribution in [1.82, 2.24) is 0 Å². The first-order valence-electron chi connectivity index (χ1n) is 5.31. The van der Waals surface area contributed by atoms with E-state index in [4.69, 9.17) is 0 Å². The van der Waals surface area contributed by atoms with Gasteiger partial charge in [-0.2, -0.15) is 0 Å². The van der Waals surface area contributed by atoms with E-state index < -0.39 is 5.82 Å². The third-order valence-electron chi connectivity index (χ3n) is 2.38. The highest BCUT2D eigenvalue weighted by Gasteiger charge is 2.11. The highest BCUT2D eigenvalue weighted by Crippen LogP contribution is 2.32. The van der Waals surface area contributed by atoms with Crippen LogP contribution in [0.3, 0.4) is 0 Å². The Morgan fingerprint density at radius 1 is 1.06 bits per heavy atom. The fraction of sp³-hybridized carbons (Fsp3) is 0.0714. The van der Waals surface area contributed by atoms with E-state index in [2.05, 4.69) is 0 Å². The number of ketones is 1. The summed E-state index contributed by atoms with van der Waals surface area (Å²) < 4.78 is 26.6. The third-order valence-corrected chi connectivity index (χ3v) is 3.50. The highest BCUT2D eigenvalue weighted by atomic mass is 32.2. The molecule has 0 aliphatic carbocycles. The van der Waals surface area contributed by atoms with Gasteiger partial charge in [0.15, 0.2) is 5.78 Å². The summed E-state index contributed by atoms with van der Waals surface area (Å²) in [7, 11) is 0. The molecule has 0 aliphatic rings. The maximum Gasteiger partial charge on any atom is 0.161 e. The lowest BCUT2D eigenvalue weighted by Gasteiger charge is -2.07. The molecular formula is C14H10F2OS. The molecule has 0 radical (unpaired) electrons. The first kappa shape index (κ1) is 12.8. The van der Waals surface area contributed by atoms with Gasteiger partial charge in [-0.1, -0.05) is 23.9 Å². The van der Waals surface area contributed by atoms with Crippen LogP contribution >= 0.6 is 11.8 Å². The van der Waals surface area contributed by atoms with Crippen molar-refractivity contribution >= 4 is 17.5 Å². The summed E-state index contributed by atoms with van der Waals surface area (Å²) >= 11 is 1.12. The molecule has 0 unspecified atom stereocenters. The predicted octanol–water partition coefficient (Wildman–Crippen LogP) is 4.32. The third kappa shape index (κ3) is 2.76. The largest absolute Gasteiger partial charge is 0.294 e. The molecule has 1 nitrogen and oxygen atoms in total. The quantitative estimate of drug-likeness (QED) is 0.768. The summed E-state index contributed by atoms with van der Waals surface area (Å²) in [5.41, 5.74) is 0.267. The molecular weight excluding hydrogens is 254 g/mol. The van der Waals surface area contributed by atoms with Gasteiger partial charge in [-0.3, -0.25) is 4.79 Å². The van der Waals surface area contributed by atoms with Gasteiger partial charge in [0, 0.05) is 15.4 Å². The van der Waals surface area contributed by atoms with Crippen LogP contribution in [0.2, 0.25) is 0 Å². The van der Waals surface area contributed by atoms with Gasteiger partial charge in [-0.15, -0.1) is 0 Å². The van der Waals surface area contributed by atoms with Crippen molar-refractivity contribution in [2.75, 3.05) is 0 Å². The van der Waals surface area contributed by atoms with E-state index in [1.807, 2.05) is 0 Å². The van der Waals surface area contributed by atoms with Gasteiger partial charge in [0.25, 0.3) is 0 Å². The maximum atomic E-state index is 13.5. The number of Topliss-reactive ketones (excluding diaryl/α,β-unsaturated/α-hetero) is 1. The van der Waals surface area contributed by atoms with Gasteiger partial charge in [-0.25, -0.2) is 8.78 Å². The number of carbonyl (C=O) groups excluding carboxylic acids is 1. The Morgan fingerprint density at radius 3 is 2.44 bits per heavy atom. The van der Waals surface area contributed by atoms with Gasteiger partial charge in [0.1, 0.15) is 11.6 Å². The zero-order valence-electron chi connectivity index (χ0n) is 9.61. The van der Waals surface area contributed by atoms with Crippen molar-refractivity contribution in [3.8, 4) is 0 Å². The zero-order chi connectivity index (χ0) is 13.1. The van der Waals surface area contributed by atoms with E-state index in [0.29, 0.717) is 9.79 Å². The first-order chi connectivity index (χ1) is 8.58. The van der Waals surface area contributed by atoms with Crippen molar-refractivity contribution in [2.45, 2.75) is 16.7 Å². The van der Waals surface area contributed by atoms with Crippen molar-refractivity contribution in [3.63, 3.8) is 0 Å².